The van der Waals surface area contributed by atoms with E-state index in [4.69, 9.17) is 11.6 Å². The van der Waals surface area contributed by atoms with Crippen LogP contribution >= 0.6 is 11.6 Å². The lowest BCUT2D eigenvalue weighted by molar-refractivity contribution is 0.252. The lowest BCUT2D eigenvalue weighted by Gasteiger charge is -2.36. The van der Waals surface area contributed by atoms with Gasteiger partial charge in [-0.25, -0.2) is 0 Å². The molecule has 0 saturated carbocycles. The van der Waals surface area contributed by atoms with Crippen molar-refractivity contribution >= 4 is 17.3 Å². The summed E-state index contributed by atoms with van der Waals surface area (Å²) in [6.07, 6.45) is 5.43. The normalized spacial score (nSPS) is 16.8. The van der Waals surface area contributed by atoms with Gasteiger partial charge in [0.25, 0.3) is 0 Å². The van der Waals surface area contributed by atoms with E-state index in [2.05, 4.69) is 28.9 Å². The van der Waals surface area contributed by atoms with E-state index in [-0.39, 0.29) is 0 Å². The second-order valence-corrected chi connectivity index (χ2v) is 5.81. The molecule has 0 unspecified atom stereocenters. The van der Waals surface area contributed by atoms with E-state index >= 15 is 0 Å². The molecular formula is C16H25ClN2. The highest BCUT2D eigenvalue weighted by atomic mass is 35.5. The maximum Gasteiger partial charge on any atom is 0.0426 e. The molecule has 1 aromatic carbocycles. The number of benzene rings is 1. The largest absolute Gasteiger partial charge is 0.369 e. The third kappa shape index (κ3) is 4.70. The molecule has 2 rings (SSSR count). The van der Waals surface area contributed by atoms with Crippen LogP contribution in [0.25, 0.3) is 0 Å². The third-order valence-corrected chi connectivity index (χ3v) is 4.11. The lowest BCUT2D eigenvalue weighted by Crippen LogP contribution is -2.46. The summed E-state index contributed by atoms with van der Waals surface area (Å²) in [5.41, 5.74) is 1.26. The van der Waals surface area contributed by atoms with E-state index < -0.39 is 0 Å². The number of hydrogen-bond acceptors (Lipinski definition) is 2. The van der Waals surface area contributed by atoms with Crippen molar-refractivity contribution < 1.29 is 0 Å². The van der Waals surface area contributed by atoms with Crippen molar-refractivity contribution in [3.8, 4) is 0 Å². The van der Waals surface area contributed by atoms with Crippen molar-refractivity contribution in [2.75, 3.05) is 37.6 Å². The SMILES string of the molecule is CCCCCCN1CCN(c2cccc(Cl)c2)CC1. The molecule has 1 aliphatic rings. The van der Waals surface area contributed by atoms with Crippen molar-refractivity contribution in [1.29, 1.82) is 0 Å². The molecule has 0 amide bonds. The van der Waals surface area contributed by atoms with E-state index in [0.29, 0.717) is 0 Å². The average molecular weight is 281 g/mol. The van der Waals surface area contributed by atoms with Gasteiger partial charge in [-0.15, -0.1) is 0 Å². The van der Waals surface area contributed by atoms with Gasteiger partial charge in [0.1, 0.15) is 0 Å². The minimum atomic E-state index is 0.833. The molecule has 1 aromatic rings. The summed E-state index contributed by atoms with van der Waals surface area (Å²) < 4.78 is 0. The Balaban J connectivity index is 1.73. The summed E-state index contributed by atoms with van der Waals surface area (Å²) in [7, 11) is 0. The van der Waals surface area contributed by atoms with E-state index in [0.717, 1.165) is 18.1 Å². The van der Waals surface area contributed by atoms with Crippen LogP contribution in [0.15, 0.2) is 24.3 Å². The van der Waals surface area contributed by atoms with Crippen molar-refractivity contribution in [2.45, 2.75) is 32.6 Å². The van der Waals surface area contributed by atoms with E-state index in [9.17, 15) is 0 Å². The Morgan fingerprint density at radius 2 is 1.84 bits per heavy atom. The van der Waals surface area contributed by atoms with E-state index in [1.165, 1.54) is 51.0 Å². The summed E-state index contributed by atoms with van der Waals surface area (Å²) >= 11 is 6.05. The van der Waals surface area contributed by atoms with Gasteiger partial charge < -0.3 is 4.90 Å². The topological polar surface area (TPSA) is 6.48 Å². The monoisotopic (exact) mass is 280 g/mol. The minimum Gasteiger partial charge on any atom is -0.369 e. The zero-order valence-corrected chi connectivity index (χ0v) is 12.7. The van der Waals surface area contributed by atoms with Gasteiger partial charge in [-0.2, -0.15) is 0 Å². The highest BCUT2D eigenvalue weighted by Crippen LogP contribution is 2.20. The number of nitrogens with zero attached hydrogens (tertiary/aromatic N) is 2. The molecule has 0 N–H and O–H groups in total. The van der Waals surface area contributed by atoms with Crippen LogP contribution in [0.2, 0.25) is 5.02 Å². The molecule has 106 valence electrons. The van der Waals surface area contributed by atoms with Crippen LogP contribution in [0.1, 0.15) is 32.6 Å². The van der Waals surface area contributed by atoms with Gasteiger partial charge in [0.05, 0.1) is 0 Å². The van der Waals surface area contributed by atoms with Crippen LogP contribution in [-0.2, 0) is 0 Å². The first-order valence-electron chi connectivity index (χ1n) is 7.52. The Morgan fingerprint density at radius 1 is 1.05 bits per heavy atom. The Hall–Kier alpha value is -0.730. The molecular weight excluding hydrogens is 256 g/mol. The highest BCUT2D eigenvalue weighted by Gasteiger charge is 2.16. The van der Waals surface area contributed by atoms with Gasteiger partial charge in [0.15, 0.2) is 0 Å². The number of piperazine rings is 1. The summed E-state index contributed by atoms with van der Waals surface area (Å²) in [5, 5.41) is 0.833. The van der Waals surface area contributed by atoms with Gasteiger partial charge >= 0.3 is 0 Å². The Kier molecular flexibility index (Phi) is 5.99. The van der Waals surface area contributed by atoms with Crippen LogP contribution in [0, 0.1) is 0 Å². The zero-order valence-electron chi connectivity index (χ0n) is 11.9. The number of rotatable bonds is 6. The van der Waals surface area contributed by atoms with Crippen molar-refractivity contribution in [2.24, 2.45) is 0 Å². The Morgan fingerprint density at radius 3 is 2.53 bits per heavy atom. The smallest absolute Gasteiger partial charge is 0.0426 e. The van der Waals surface area contributed by atoms with Gasteiger partial charge in [0.2, 0.25) is 0 Å². The number of anilines is 1. The zero-order chi connectivity index (χ0) is 13.5. The predicted octanol–water partition coefficient (Wildman–Crippen LogP) is 4.04. The molecule has 0 atom stereocenters. The number of halogens is 1. The van der Waals surface area contributed by atoms with Crippen LogP contribution in [0.5, 0.6) is 0 Å². The molecule has 0 bridgehead atoms. The second kappa shape index (κ2) is 7.76. The molecule has 0 aromatic heterocycles. The first-order valence-corrected chi connectivity index (χ1v) is 7.90. The molecule has 1 fully saturated rings. The first-order chi connectivity index (χ1) is 9.29. The van der Waals surface area contributed by atoms with Crippen LogP contribution < -0.4 is 4.90 Å². The van der Waals surface area contributed by atoms with Crippen molar-refractivity contribution in [1.82, 2.24) is 4.90 Å². The number of unbranched alkanes of at least 4 members (excludes halogenated alkanes) is 3. The van der Waals surface area contributed by atoms with Crippen LogP contribution in [0.3, 0.4) is 0 Å². The molecule has 3 heteroatoms. The van der Waals surface area contributed by atoms with Crippen LogP contribution in [0.4, 0.5) is 5.69 Å². The summed E-state index contributed by atoms with van der Waals surface area (Å²) in [6.45, 7) is 8.13. The van der Waals surface area contributed by atoms with Gasteiger partial charge in [-0.1, -0.05) is 43.9 Å². The molecule has 19 heavy (non-hydrogen) atoms. The maximum atomic E-state index is 6.05. The van der Waals surface area contributed by atoms with Crippen molar-refractivity contribution in [3.63, 3.8) is 0 Å². The van der Waals surface area contributed by atoms with E-state index in [1.54, 1.807) is 0 Å². The first kappa shape index (κ1) is 14.7. The Labute approximate surface area is 122 Å². The molecule has 1 heterocycles. The van der Waals surface area contributed by atoms with Gasteiger partial charge in [0, 0.05) is 36.9 Å². The maximum absolute atomic E-state index is 6.05. The number of hydrogen-bond donors (Lipinski definition) is 0. The van der Waals surface area contributed by atoms with Gasteiger partial charge in [-0.3, -0.25) is 4.90 Å². The fourth-order valence-corrected chi connectivity index (χ4v) is 2.85. The summed E-state index contributed by atoms with van der Waals surface area (Å²) in [4.78, 5) is 5.03. The van der Waals surface area contributed by atoms with Gasteiger partial charge in [-0.05, 0) is 31.2 Å². The van der Waals surface area contributed by atoms with Crippen LogP contribution in [-0.4, -0.2) is 37.6 Å². The van der Waals surface area contributed by atoms with Crippen molar-refractivity contribution in [3.05, 3.63) is 29.3 Å². The molecule has 1 saturated heterocycles. The second-order valence-electron chi connectivity index (χ2n) is 5.37. The third-order valence-electron chi connectivity index (χ3n) is 3.87. The molecule has 1 aliphatic heterocycles. The summed E-state index contributed by atoms with van der Waals surface area (Å²) in [5.74, 6) is 0. The molecule has 0 spiro atoms. The highest BCUT2D eigenvalue weighted by molar-refractivity contribution is 6.30. The fraction of sp³-hybridized carbons (Fsp3) is 0.625. The lowest BCUT2D eigenvalue weighted by atomic mass is 10.2. The Bertz CT molecular complexity index is 373. The molecule has 0 radical (unpaired) electrons. The fourth-order valence-electron chi connectivity index (χ4n) is 2.66. The standard InChI is InChI=1S/C16H25ClN2/c1-2-3-4-5-9-18-10-12-19(13-11-18)16-8-6-7-15(17)14-16/h6-8,14H,2-5,9-13H2,1H3. The predicted molar refractivity (Wildman–Crippen MR) is 84.2 cm³/mol. The average Bonchev–Trinajstić information content (AvgIpc) is 2.44. The van der Waals surface area contributed by atoms with E-state index in [1.807, 2.05) is 12.1 Å². The quantitative estimate of drug-likeness (QED) is 0.726. The summed E-state index contributed by atoms with van der Waals surface area (Å²) in [6, 6.07) is 8.20. The minimum absolute atomic E-state index is 0.833. The molecule has 2 nitrogen and oxygen atoms in total. The molecule has 0 aliphatic carbocycles.